The first-order chi connectivity index (χ1) is 6.38. The molecule has 0 bridgehead atoms. The molecule has 2 aliphatic rings. The number of hydrogen-bond donors (Lipinski definition) is 0. The predicted octanol–water partition coefficient (Wildman–Crippen LogP) is 3.68. The van der Waals surface area contributed by atoms with E-state index in [1.807, 2.05) is 0 Å². The SMILES string of the molecule is S=C1C=CC=CC1C1CCCCC1. The van der Waals surface area contributed by atoms with Gasteiger partial charge in [-0.25, -0.2) is 0 Å². The minimum Gasteiger partial charge on any atom is -0.0843 e. The Balaban J connectivity index is 2.02. The third-order valence-corrected chi connectivity index (χ3v) is 3.58. The molecule has 0 saturated heterocycles. The van der Waals surface area contributed by atoms with Crippen molar-refractivity contribution in [3.63, 3.8) is 0 Å². The molecule has 0 nitrogen and oxygen atoms in total. The van der Waals surface area contributed by atoms with E-state index < -0.39 is 0 Å². The summed E-state index contributed by atoms with van der Waals surface area (Å²) in [6, 6.07) is 0. The van der Waals surface area contributed by atoms with Crippen LogP contribution in [0, 0.1) is 11.8 Å². The minimum absolute atomic E-state index is 0.570. The van der Waals surface area contributed by atoms with Crippen LogP contribution >= 0.6 is 12.2 Å². The van der Waals surface area contributed by atoms with Crippen molar-refractivity contribution in [2.45, 2.75) is 32.1 Å². The Hall–Kier alpha value is -0.430. The molecule has 0 aromatic heterocycles. The molecular formula is C12H16S. The standard InChI is InChI=1S/C12H16S/c13-12-9-5-4-8-11(12)10-6-2-1-3-7-10/h4-5,8-11H,1-3,6-7H2. The maximum Gasteiger partial charge on any atom is 0.0223 e. The van der Waals surface area contributed by atoms with Gasteiger partial charge in [0.25, 0.3) is 0 Å². The summed E-state index contributed by atoms with van der Waals surface area (Å²) >= 11 is 5.37. The molecule has 0 radical (unpaired) electrons. The first-order valence-electron chi connectivity index (χ1n) is 5.26. The fraction of sp³-hybridized carbons (Fsp3) is 0.583. The van der Waals surface area contributed by atoms with Crippen LogP contribution < -0.4 is 0 Å². The van der Waals surface area contributed by atoms with Crippen molar-refractivity contribution in [3.05, 3.63) is 24.3 Å². The van der Waals surface area contributed by atoms with Crippen LogP contribution in [0.25, 0.3) is 0 Å². The van der Waals surface area contributed by atoms with E-state index >= 15 is 0 Å². The van der Waals surface area contributed by atoms with E-state index in [4.69, 9.17) is 12.2 Å². The topological polar surface area (TPSA) is 0 Å². The molecule has 0 heterocycles. The van der Waals surface area contributed by atoms with Gasteiger partial charge in [-0.1, -0.05) is 49.7 Å². The van der Waals surface area contributed by atoms with E-state index in [-0.39, 0.29) is 0 Å². The van der Waals surface area contributed by atoms with Gasteiger partial charge in [-0.2, -0.15) is 0 Å². The average Bonchev–Trinajstić information content (AvgIpc) is 2.20. The maximum atomic E-state index is 5.37. The maximum absolute atomic E-state index is 5.37. The number of hydrogen-bond acceptors (Lipinski definition) is 1. The van der Waals surface area contributed by atoms with Gasteiger partial charge in [0.05, 0.1) is 0 Å². The molecule has 0 spiro atoms. The highest BCUT2D eigenvalue weighted by Gasteiger charge is 2.24. The molecule has 13 heavy (non-hydrogen) atoms. The third-order valence-electron chi connectivity index (χ3n) is 3.18. The normalized spacial score (nSPS) is 29.5. The summed E-state index contributed by atoms with van der Waals surface area (Å²) in [7, 11) is 0. The molecule has 1 fully saturated rings. The summed E-state index contributed by atoms with van der Waals surface area (Å²) in [5, 5.41) is 0. The molecule has 2 aliphatic carbocycles. The number of allylic oxidation sites excluding steroid dienone is 4. The molecule has 1 atom stereocenters. The van der Waals surface area contributed by atoms with Gasteiger partial charge in [-0.15, -0.1) is 0 Å². The lowest BCUT2D eigenvalue weighted by Gasteiger charge is -2.28. The van der Waals surface area contributed by atoms with Crippen molar-refractivity contribution in [1.82, 2.24) is 0 Å². The Morgan fingerprint density at radius 2 is 1.85 bits per heavy atom. The molecule has 0 aromatic rings. The van der Waals surface area contributed by atoms with Gasteiger partial charge < -0.3 is 0 Å². The van der Waals surface area contributed by atoms with Crippen LogP contribution in [0.4, 0.5) is 0 Å². The Kier molecular flexibility index (Phi) is 2.94. The highest BCUT2D eigenvalue weighted by molar-refractivity contribution is 7.80. The van der Waals surface area contributed by atoms with E-state index in [1.54, 1.807) is 0 Å². The summed E-state index contributed by atoms with van der Waals surface area (Å²) < 4.78 is 0. The van der Waals surface area contributed by atoms with Crippen molar-refractivity contribution in [2.75, 3.05) is 0 Å². The summed E-state index contributed by atoms with van der Waals surface area (Å²) in [4.78, 5) is 1.15. The molecule has 0 aromatic carbocycles. The Morgan fingerprint density at radius 1 is 1.08 bits per heavy atom. The second-order valence-corrected chi connectivity index (χ2v) is 4.54. The molecule has 0 N–H and O–H groups in total. The lowest BCUT2D eigenvalue weighted by Crippen LogP contribution is -2.22. The first-order valence-corrected chi connectivity index (χ1v) is 5.67. The molecular weight excluding hydrogens is 176 g/mol. The lowest BCUT2D eigenvalue weighted by atomic mass is 9.77. The molecule has 2 rings (SSSR count). The minimum atomic E-state index is 0.570. The van der Waals surface area contributed by atoms with Gasteiger partial charge in [-0.05, 0) is 24.8 Å². The van der Waals surface area contributed by atoms with Gasteiger partial charge in [-0.3, -0.25) is 0 Å². The Morgan fingerprint density at radius 3 is 2.54 bits per heavy atom. The fourth-order valence-electron chi connectivity index (χ4n) is 2.42. The summed E-state index contributed by atoms with van der Waals surface area (Å²) in [5.41, 5.74) is 0. The van der Waals surface area contributed by atoms with Crippen LogP contribution in [0.1, 0.15) is 32.1 Å². The second-order valence-electron chi connectivity index (χ2n) is 4.07. The lowest BCUT2D eigenvalue weighted by molar-refractivity contribution is 0.330. The Bertz CT molecular complexity index is 244. The molecule has 1 unspecified atom stereocenters. The smallest absolute Gasteiger partial charge is 0.0223 e. The molecule has 70 valence electrons. The van der Waals surface area contributed by atoms with Crippen molar-refractivity contribution in [3.8, 4) is 0 Å². The van der Waals surface area contributed by atoms with Crippen LogP contribution in [0.3, 0.4) is 0 Å². The van der Waals surface area contributed by atoms with Crippen LogP contribution in [-0.4, -0.2) is 4.86 Å². The molecule has 0 aliphatic heterocycles. The quantitative estimate of drug-likeness (QED) is 0.571. The monoisotopic (exact) mass is 192 g/mol. The number of thiocarbonyl (C=S) groups is 1. The van der Waals surface area contributed by atoms with Crippen molar-refractivity contribution in [2.24, 2.45) is 11.8 Å². The average molecular weight is 192 g/mol. The molecule has 0 amide bonds. The highest BCUT2D eigenvalue weighted by atomic mass is 32.1. The third kappa shape index (κ3) is 2.08. The molecule has 1 saturated carbocycles. The van der Waals surface area contributed by atoms with Gasteiger partial charge in [0.1, 0.15) is 0 Å². The van der Waals surface area contributed by atoms with Crippen LogP contribution in [0.2, 0.25) is 0 Å². The van der Waals surface area contributed by atoms with Gasteiger partial charge in [0, 0.05) is 10.8 Å². The van der Waals surface area contributed by atoms with Gasteiger partial charge >= 0.3 is 0 Å². The fourth-order valence-corrected chi connectivity index (χ4v) is 2.77. The zero-order valence-electron chi connectivity index (χ0n) is 7.91. The summed E-state index contributed by atoms with van der Waals surface area (Å²) in [6.45, 7) is 0. The van der Waals surface area contributed by atoms with Crippen molar-refractivity contribution < 1.29 is 0 Å². The molecule has 1 heteroatoms. The first kappa shape index (κ1) is 9.14. The summed E-state index contributed by atoms with van der Waals surface area (Å²) in [5.74, 6) is 1.41. The van der Waals surface area contributed by atoms with E-state index in [0.29, 0.717) is 5.92 Å². The van der Waals surface area contributed by atoms with Gasteiger partial charge in [0.15, 0.2) is 0 Å². The van der Waals surface area contributed by atoms with Crippen LogP contribution in [0.5, 0.6) is 0 Å². The highest BCUT2D eigenvalue weighted by Crippen LogP contribution is 2.32. The van der Waals surface area contributed by atoms with Crippen molar-refractivity contribution >= 4 is 17.1 Å². The van der Waals surface area contributed by atoms with Gasteiger partial charge in [0.2, 0.25) is 0 Å². The van der Waals surface area contributed by atoms with E-state index in [1.165, 1.54) is 32.1 Å². The predicted molar refractivity (Wildman–Crippen MR) is 60.9 cm³/mol. The zero-order valence-corrected chi connectivity index (χ0v) is 8.72. The summed E-state index contributed by atoms with van der Waals surface area (Å²) in [6.07, 6.45) is 15.6. The largest absolute Gasteiger partial charge is 0.0843 e. The Labute approximate surface area is 85.7 Å². The van der Waals surface area contributed by atoms with Crippen LogP contribution in [0.15, 0.2) is 24.3 Å². The van der Waals surface area contributed by atoms with E-state index in [9.17, 15) is 0 Å². The second kappa shape index (κ2) is 4.19. The van der Waals surface area contributed by atoms with E-state index in [0.717, 1.165) is 10.8 Å². The zero-order chi connectivity index (χ0) is 9.10. The van der Waals surface area contributed by atoms with Crippen molar-refractivity contribution in [1.29, 1.82) is 0 Å². The van der Waals surface area contributed by atoms with Crippen LogP contribution in [-0.2, 0) is 0 Å². The number of rotatable bonds is 1. The van der Waals surface area contributed by atoms with E-state index in [2.05, 4.69) is 24.3 Å².